The van der Waals surface area contributed by atoms with Crippen molar-refractivity contribution in [2.75, 3.05) is 18.9 Å². The average Bonchev–Trinajstić information content (AvgIpc) is 3.14. The third-order valence-electron chi connectivity index (χ3n) is 3.63. The highest BCUT2D eigenvalue weighted by Crippen LogP contribution is 2.17. The van der Waals surface area contributed by atoms with Crippen molar-refractivity contribution in [1.82, 2.24) is 9.47 Å². The summed E-state index contributed by atoms with van der Waals surface area (Å²) >= 11 is 1.63. The lowest BCUT2D eigenvalue weighted by molar-refractivity contribution is -0.128. The Morgan fingerprint density at radius 3 is 2.96 bits per heavy atom. The van der Waals surface area contributed by atoms with Gasteiger partial charge in [-0.25, -0.2) is 4.79 Å². The summed E-state index contributed by atoms with van der Waals surface area (Å²) in [5.74, 6) is -0.400. The molecule has 2 aromatic heterocycles. The normalized spacial score (nSPS) is 10.9. The summed E-state index contributed by atoms with van der Waals surface area (Å²) < 4.78 is 6.52. The number of nitrogens with zero attached hydrogens (tertiary/aromatic N) is 2. The lowest BCUT2D eigenvalue weighted by Crippen LogP contribution is -2.31. The van der Waals surface area contributed by atoms with Crippen molar-refractivity contribution in [3.8, 4) is 0 Å². The van der Waals surface area contributed by atoms with Crippen molar-refractivity contribution >= 4 is 34.0 Å². The molecular weight excluding hydrogens is 314 g/mol. The smallest absolute Gasteiger partial charge is 0.408 e. The minimum absolute atomic E-state index is 0.000389. The third kappa shape index (κ3) is 3.29. The summed E-state index contributed by atoms with van der Waals surface area (Å²) in [7, 11) is 3.44. The van der Waals surface area contributed by atoms with E-state index in [2.05, 4.69) is 5.32 Å². The maximum absolute atomic E-state index is 12.2. The van der Waals surface area contributed by atoms with E-state index in [0.717, 1.165) is 10.6 Å². The van der Waals surface area contributed by atoms with E-state index >= 15 is 0 Å². The number of likely N-dealkylation sites (N-methyl/N-ethyl adjacent to an activating group) is 1. The summed E-state index contributed by atoms with van der Waals surface area (Å²) in [6.07, 6.45) is 0. The highest BCUT2D eigenvalue weighted by molar-refractivity contribution is 7.09. The molecular formula is C16H17N3O3S. The molecule has 0 spiro atoms. The van der Waals surface area contributed by atoms with Crippen LogP contribution in [0.4, 0.5) is 5.69 Å². The molecule has 0 radical (unpaired) electrons. The Hall–Kier alpha value is -2.54. The minimum Gasteiger partial charge on any atom is -0.408 e. The number of fused-ring (bicyclic) bond motifs is 1. The fraction of sp³-hybridized carbons (Fsp3) is 0.250. The van der Waals surface area contributed by atoms with Gasteiger partial charge in [0.1, 0.15) is 0 Å². The largest absolute Gasteiger partial charge is 0.419 e. The van der Waals surface area contributed by atoms with E-state index in [9.17, 15) is 9.59 Å². The number of aromatic nitrogens is 1. The van der Waals surface area contributed by atoms with E-state index in [4.69, 9.17) is 4.42 Å². The minimum atomic E-state index is -0.399. The van der Waals surface area contributed by atoms with Crippen LogP contribution in [0.25, 0.3) is 11.1 Å². The molecule has 1 N–H and O–H groups in total. The number of oxazole rings is 1. The first kappa shape index (κ1) is 15.4. The second-order valence-electron chi connectivity index (χ2n) is 5.29. The van der Waals surface area contributed by atoms with Gasteiger partial charge in [-0.1, -0.05) is 6.07 Å². The molecule has 0 bridgehead atoms. The molecule has 0 aliphatic heterocycles. The van der Waals surface area contributed by atoms with Crippen LogP contribution in [0.15, 0.2) is 44.9 Å². The van der Waals surface area contributed by atoms with Crippen LogP contribution >= 0.6 is 11.3 Å². The van der Waals surface area contributed by atoms with E-state index in [1.165, 1.54) is 4.57 Å². The van der Waals surface area contributed by atoms with Crippen molar-refractivity contribution in [1.29, 1.82) is 0 Å². The van der Waals surface area contributed by atoms with E-state index in [0.29, 0.717) is 17.6 Å². The molecule has 2 heterocycles. The van der Waals surface area contributed by atoms with E-state index in [1.54, 1.807) is 48.5 Å². The fourth-order valence-corrected chi connectivity index (χ4v) is 3.03. The van der Waals surface area contributed by atoms with Gasteiger partial charge in [-0.2, -0.15) is 0 Å². The zero-order chi connectivity index (χ0) is 16.4. The van der Waals surface area contributed by atoms with Gasteiger partial charge >= 0.3 is 5.76 Å². The standard InChI is InChI=1S/C16H17N3O3S/c1-18(10-12-4-3-7-23-12)15(20)9-17-11-5-6-14-13(8-11)19(2)16(21)22-14/h3-8,17H,9-10H2,1-2H3. The predicted octanol–water partition coefficient (Wildman–Crippen LogP) is 2.26. The maximum Gasteiger partial charge on any atom is 0.419 e. The van der Waals surface area contributed by atoms with Crippen LogP contribution in [-0.4, -0.2) is 29.0 Å². The van der Waals surface area contributed by atoms with Gasteiger partial charge in [0.05, 0.1) is 18.6 Å². The number of amides is 1. The second kappa shape index (κ2) is 6.29. The Kier molecular flexibility index (Phi) is 4.20. The molecule has 0 saturated carbocycles. The van der Waals surface area contributed by atoms with Gasteiger partial charge in [-0.15, -0.1) is 11.3 Å². The number of carbonyl (C=O) groups is 1. The molecule has 0 aliphatic rings. The summed E-state index contributed by atoms with van der Waals surface area (Å²) in [4.78, 5) is 26.5. The Labute approximate surface area is 136 Å². The molecule has 6 nitrogen and oxygen atoms in total. The van der Waals surface area contributed by atoms with Crippen molar-refractivity contribution in [3.05, 3.63) is 51.1 Å². The van der Waals surface area contributed by atoms with Gasteiger partial charge < -0.3 is 14.6 Å². The number of anilines is 1. The van der Waals surface area contributed by atoms with Crippen molar-refractivity contribution in [3.63, 3.8) is 0 Å². The Bertz CT molecular complexity index is 880. The van der Waals surface area contributed by atoms with E-state index in [1.807, 2.05) is 17.5 Å². The maximum atomic E-state index is 12.2. The molecule has 0 fully saturated rings. The number of thiophene rings is 1. The highest BCUT2D eigenvalue weighted by Gasteiger charge is 2.11. The summed E-state index contributed by atoms with van der Waals surface area (Å²) in [5.41, 5.74) is 2.00. The number of aryl methyl sites for hydroxylation is 1. The number of nitrogens with one attached hydrogen (secondary N) is 1. The molecule has 0 saturated heterocycles. The molecule has 0 atom stereocenters. The van der Waals surface area contributed by atoms with Crippen molar-refractivity contribution in [2.45, 2.75) is 6.54 Å². The molecule has 3 rings (SSSR count). The first-order chi connectivity index (χ1) is 11.0. The van der Waals surface area contributed by atoms with Gasteiger partial charge in [0.25, 0.3) is 0 Å². The Morgan fingerprint density at radius 1 is 1.39 bits per heavy atom. The molecule has 23 heavy (non-hydrogen) atoms. The van der Waals surface area contributed by atoms with Gasteiger partial charge in [0.2, 0.25) is 5.91 Å². The van der Waals surface area contributed by atoms with Crippen LogP contribution in [-0.2, 0) is 18.4 Å². The van der Waals surface area contributed by atoms with Crippen LogP contribution in [0.3, 0.4) is 0 Å². The first-order valence-electron chi connectivity index (χ1n) is 7.14. The number of hydrogen-bond donors (Lipinski definition) is 1. The lowest BCUT2D eigenvalue weighted by atomic mass is 10.3. The number of hydrogen-bond acceptors (Lipinski definition) is 5. The van der Waals surface area contributed by atoms with E-state index in [-0.39, 0.29) is 12.5 Å². The molecule has 120 valence electrons. The molecule has 0 unspecified atom stereocenters. The number of carbonyl (C=O) groups excluding carboxylic acids is 1. The summed E-state index contributed by atoms with van der Waals surface area (Å²) in [6, 6.07) is 9.29. The number of rotatable bonds is 5. The Morgan fingerprint density at radius 2 is 2.22 bits per heavy atom. The van der Waals surface area contributed by atoms with Crippen LogP contribution in [0.5, 0.6) is 0 Å². The van der Waals surface area contributed by atoms with Crippen molar-refractivity contribution < 1.29 is 9.21 Å². The second-order valence-corrected chi connectivity index (χ2v) is 6.32. The van der Waals surface area contributed by atoms with Crippen LogP contribution in [0, 0.1) is 0 Å². The van der Waals surface area contributed by atoms with Gasteiger partial charge in [0, 0.05) is 24.7 Å². The monoisotopic (exact) mass is 331 g/mol. The fourth-order valence-electron chi connectivity index (χ4n) is 2.27. The molecule has 7 heteroatoms. The zero-order valence-corrected chi connectivity index (χ0v) is 13.7. The quantitative estimate of drug-likeness (QED) is 0.779. The topological polar surface area (TPSA) is 67.5 Å². The predicted molar refractivity (Wildman–Crippen MR) is 90.7 cm³/mol. The van der Waals surface area contributed by atoms with Gasteiger partial charge in [0.15, 0.2) is 5.58 Å². The SMILES string of the molecule is CN(Cc1cccs1)C(=O)CNc1ccc2oc(=O)n(C)c2c1. The van der Waals surface area contributed by atoms with Crippen LogP contribution in [0.1, 0.15) is 4.88 Å². The molecule has 1 amide bonds. The molecule has 1 aromatic carbocycles. The average molecular weight is 331 g/mol. The van der Waals surface area contributed by atoms with Crippen LogP contribution < -0.4 is 11.1 Å². The van der Waals surface area contributed by atoms with Gasteiger partial charge in [-0.05, 0) is 29.6 Å². The molecule has 3 aromatic rings. The van der Waals surface area contributed by atoms with E-state index < -0.39 is 5.76 Å². The lowest BCUT2D eigenvalue weighted by Gasteiger charge is -2.17. The Balaban J connectivity index is 1.64. The highest BCUT2D eigenvalue weighted by atomic mass is 32.1. The van der Waals surface area contributed by atoms with Gasteiger partial charge in [-0.3, -0.25) is 9.36 Å². The summed E-state index contributed by atoms with van der Waals surface area (Å²) in [6.45, 7) is 0.798. The van der Waals surface area contributed by atoms with Crippen molar-refractivity contribution in [2.24, 2.45) is 7.05 Å². The first-order valence-corrected chi connectivity index (χ1v) is 8.02. The molecule has 0 aliphatic carbocycles. The summed E-state index contributed by atoms with van der Waals surface area (Å²) in [5, 5.41) is 5.09. The zero-order valence-electron chi connectivity index (χ0n) is 12.9. The number of benzene rings is 1. The third-order valence-corrected chi connectivity index (χ3v) is 4.50. The van der Waals surface area contributed by atoms with Crippen LogP contribution in [0.2, 0.25) is 0 Å².